The number of hydrogen-bond donors (Lipinski definition) is 0. The molecule has 0 aliphatic carbocycles. The van der Waals surface area contributed by atoms with Crippen LogP contribution in [-0.2, 0) is 17.1 Å². The molecule has 0 saturated carbocycles. The van der Waals surface area contributed by atoms with Gasteiger partial charge in [-0.1, -0.05) is 49.7 Å². The Kier molecular flexibility index (Phi) is 7.89. The molecule has 9 heteroatoms. The smallest absolute Gasteiger partial charge is 0.244 e. The molecular formula is C23H27Cl2N3O2S2. The SMILES string of the molecule is CC1CC(C)CN(S(=O)(=O)c2cc(-c3cs/c(=N/c4ccccc4)n3C)ccc2Cl)C1.Cl. The molecule has 0 N–H and O–H groups in total. The predicted octanol–water partition coefficient (Wildman–Crippen LogP) is 5.73. The lowest BCUT2D eigenvalue weighted by molar-refractivity contribution is 0.222. The van der Waals surface area contributed by atoms with E-state index in [0.29, 0.717) is 24.9 Å². The standard InChI is InChI=1S/C23H26ClN3O2S2.ClH/c1-16-11-17(2)14-27(13-16)31(28,29)22-12-18(9-10-20(22)24)21-15-30-23(26(21)3)25-19-7-5-4-6-8-19;/h4-10,12,15-17H,11,13-14H2,1-3H3;1H/b25-23+;. The molecule has 4 rings (SSSR count). The summed E-state index contributed by atoms with van der Waals surface area (Å²) in [5.74, 6) is 0.662. The van der Waals surface area contributed by atoms with Gasteiger partial charge in [0.2, 0.25) is 10.0 Å². The van der Waals surface area contributed by atoms with Crippen molar-refractivity contribution in [2.24, 2.45) is 23.9 Å². The van der Waals surface area contributed by atoms with Gasteiger partial charge in [-0.2, -0.15) is 4.31 Å². The third-order valence-corrected chi connectivity index (χ3v) is 8.82. The van der Waals surface area contributed by atoms with Crippen LogP contribution in [0.5, 0.6) is 0 Å². The van der Waals surface area contributed by atoms with Gasteiger partial charge in [0, 0.05) is 31.1 Å². The minimum Gasteiger partial charge on any atom is -0.320 e. The summed E-state index contributed by atoms with van der Waals surface area (Å²) < 4.78 is 30.4. The Bertz CT molecular complexity index is 1240. The van der Waals surface area contributed by atoms with Gasteiger partial charge in [0.15, 0.2) is 4.80 Å². The van der Waals surface area contributed by atoms with Crippen molar-refractivity contribution in [2.45, 2.75) is 25.2 Å². The third-order valence-electron chi connectivity index (χ3n) is 5.59. The molecule has 172 valence electrons. The van der Waals surface area contributed by atoms with Gasteiger partial charge in [-0.3, -0.25) is 0 Å². The van der Waals surface area contributed by atoms with Gasteiger partial charge in [-0.25, -0.2) is 13.4 Å². The maximum absolute atomic E-state index is 13.4. The second-order valence-corrected chi connectivity index (χ2v) is 11.5. The van der Waals surface area contributed by atoms with Crippen molar-refractivity contribution in [1.29, 1.82) is 0 Å². The number of nitrogens with zero attached hydrogens (tertiary/aromatic N) is 3. The normalized spacial score (nSPS) is 20.2. The fourth-order valence-electron chi connectivity index (χ4n) is 4.15. The zero-order valence-electron chi connectivity index (χ0n) is 18.2. The molecule has 0 radical (unpaired) electrons. The monoisotopic (exact) mass is 511 g/mol. The zero-order valence-corrected chi connectivity index (χ0v) is 21.4. The number of piperidine rings is 1. The average molecular weight is 513 g/mol. The van der Waals surface area contributed by atoms with Crippen molar-refractivity contribution < 1.29 is 8.42 Å². The van der Waals surface area contributed by atoms with Gasteiger partial charge < -0.3 is 4.57 Å². The fourth-order valence-corrected chi connectivity index (χ4v) is 7.25. The molecular weight excluding hydrogens is 485 g/mol. The van der Waals surface area contributed by atoms with Crippen LogP contribution >= 0.6 is 35.3 Å². The number of sulfonamides is 1. The van der Waals surface area contributed by atoms with Gasteiger partial charge >= 0.3 is 0 Å². The van der Waals surface area contributed by atoms with Crippen LogP contribution < -0.4 is 4.80 Å². The Balaban J connectivity index is 0.00000289. The molecule has 2 unspecified atom stereocenters. The fraction of sp³-hybridized carbons (Fsp3) is 0.348. The molecule has 32 heavy (non-hydrogen) atoms. The largest absolute Gasteiger partial charge is 0.320 e. The van der Waals surface area contributed by atoms with Gasteiger partial charge in [0.1, 0.15) is 4.90 Å². The number of para-hydroxylation sites is 1. The summed E-state index contributed by atoms with van der Waals surface area (Å²) in [4.78, 5) is 5.69. The highest BCUT2D eigenvalue weighted by molar-refractivity contribution is 7.89. The molecule has 1 aliphatic rings. The summed E-state index contributed by atoms with van der Waals surface area (Å²) in [5, 5.41) is 2.24. The topological polar surface area (TPSA) is 54.7 Å². The van der Waals surface area contributed by atoms with Gasteiger partial charge in [-0.15, -0.1) is 23.7 Å². The van der Waals surface area contributed by atoms with Gasteiger partial charge in [-0.05, 0) is 42.5 Å². The van der Waals surface area contributed by atoms with Crippen molar-refractivity contribution in [3.8, 4) is 11.3 Å². The molecule has 1 saturated heterocycles. The highest BCUT2D eigenvalue weighted by Gasteiger charge is 2.33. The summed E-state index contributed by atoms with van der Waals surface area (Å²) >= 11 is 7.90. The van der Waals surface area contributed by atoms with Crippen molar-refractivity contribution in [1.82, 2.24) is 8.87 Å². The molecule has 2 aromatic carbocycles. The summed E-state index contributed by atoms with van der Waals surface area (Å²) in [7, 11) is -1.74. The Labute approximate surface area is 204 Å². The predicted molar refractivity (Wildman–Crippen MR) is 134 cm³/mol. The van der Waals surface area contributed by atoms with E-state index in [0.717, 1.165) is 28.2 Å². The molecule has 3 aromatic rings. The minimum absolute atomic E-state index is 0. The van der Waals surface area contributed by atoms with Gasteiger partial charge in [0.05, 0.1) is 16.4 Å². The van der Waals surface area contributed by atoms with E-state index in [1.54, 1.807) is 16.4 Å². The van der Waals surface area contributed by atoms with Crippen LogP contribution in [0.1, 0.15) is 20.3 Å². The highest BCUT2D eigenvalue weighted by Crippen LogP contribution is 2.33. The first-order valence-electron chi connectivity index (χ1n) is 10.3. The quantitative estimate of drug-likeness (QED) is 0.449. The minimum atomic E-state index is -3.67. The number of thiazole rings is 1. The molecule has 2 atom stereocenters. The summed E-state index contributed by atoms with van der Waals surface area (Å²) in [6, 6.07) is 15.0. The number of hydrogen-bond acceptors (Lipinski definition) is 4. The van der Waals surface area contributed by atoms with E-state index < -0.39 is 10.0 Å². The second kappa shape index (κ2) is 10.1. The van der Waals surface area contributed by atoms with Crippen molar-refractivity contribution >= 4 is 51.1 Å². The Morgan fingerprint density at radius 1 is 1.06 bits per heavy atom. The molecule has 2 heterocycles. The van der Waals surface area contributed by atoms with E-state index in [9.17, 15) is 8.42 Å². The molecule has 5 nitrogen and oxygen atoms in total. The summed E-state index contributed by atoms with van der Waals surface area (Å²) in [6.45, 7) is 5.25. The van der Waals surface area contributed by atoms with Crippen LogP contribution in [0, 0.1) is 11.8 Å². The van der Waals surface area contributed by atoms with Crippen LogP contribution in [0.4, 0.5) is 5.69 Å². The molecule has 0 spiro atoms. The first kappa shape index (κ1) is 25.0. The lowest BCUT2D eigenvalue weighted by Gasteiger charge is -2.34. The number of halogens is 2. The van der Waals surface area contributed by atoms with E-state index in [-0.39, 0.29) is 22.3 Å². The van der Waals surface area contributed by atoms with Crippen LogP contribution in [0.2, 0.25) is 5.02 Å². The molecule has 1 fully saturated rings. The number of benzene rings is 2. The maximum Gasteiger partial charge on any atom is 0.244 e. The van der Waals surface area contributed by atoms with Crippen molar-refractivity contribution in [3.63, 3.8) is 0 Å². The zero-order chi connectivity index (χ0) is 22.2. The first-order valence-corrected chi connectivity index (χ1v) is 13.0. The number of aromatic nitrogens is 1. The van der Waals surface area contributed by atoms with E-state index in [1.807, 2.05) is 53.4 Å². The van der Waals surface area contributed by atoms with Crippen molar-refractivity contribution in [3.05, 3.63) is 63.7 Å². The number of rotatable bonds is 4. The lowest BCUT2D eigenvalue weighted by Crippen LogP contribution is -2.42. The second-order valence-electron chi connectivity index (χ2n) is 8.32. The molecule has 1 aliphatic heterocycles. The van der Waals surface area contributed by atoms with Crippen LogP contribution in [0.25, 0.3) is 11.3 Å². The van der Waals surface area contributed by atoms with E-state index >= 15 is 0 Å². The van der Waals surface area contributed by atoms with E-state index in [1.165, 1.54) is 11.3 Å². The Morgan fingerprint density at radius 2 is 1.72 bits per heavy atom. The summed E-state index contributed by atoms with van der Waals surface area (Å²) in [5.41, 5.74) is 2.57. The Morgan fingerprint density at radius 3 is 2.38 bits per heavy atom. The van der Waals surface area contributed by atoms with Crippen LogP contribution in [0.15, 0.2) is 63.8 Å². The van der Waals surface area contributed by atoms with E-state index in [2.05, 4.69) is 13.8 Å². The lowest BCUT2D eigenvalue weighted by atomic mass is 9.94. The first-order chi connectivity index (χ1) is 14.8. The molecule has 1 aromatic heterocycles. The third kappa shape index (κ3) is 5.13. The summed E-state index contributed by atoms with van der Waals surface area (Å²) in [6.07, 6.45) is 1.04. The molecule has 0 amide bonds. The van der Waals surface area contributed by atoms with E-state index in [4.69, 9.17) is 16.6 Å². The maximum atomic E-state index is 13.4. The molecule has 0 bridgehead atoms. The van der Waals surface area contributed by atoms with Crippen LogP contribution in [-0.4, -0.2) is 30.4 Å². The van der Waals surface area contributed by atoms with Crippen LogP contribution in [0.3, 0.4) is 0 Å². The Hall–Kier alpha value is -1.64. The average Bonchev–Trinajstić information content (AvgIpc) is 3.08. The highest BCUT2D eigenvalue weighted by atomic mass is 35.5. The van der Waals surface area contributed by atoms with Crippen molar-refractivity contribution in [2.75, 3.05) is 13.1 Å². The van der Waals surface area contributed by atoms with Gasteiger partial charge in [0.25, 0.3) is 0 Å².